The molecular formula is C20H19N5O4. The molecule has 0 aliphatic rings. The maximum Gasteiger partial charge on any atom is 0.258 e. The molecule has 2 N–H and O–H groups in total. The van der Waals surface area contributed by atoms with E-state index in [-0.39, 0.29) is 11.9 Å². The number of carbonyl (C=O) groups is 2. The van der Waals surface area contributed by atoms with Crippen LogP contribution in [-0.2, 0) is 0 Å². The number of benzene rings is 2. The van der Waals surface area contributed by atoms with Gasteiger partial charge in [0.25, 0.3) is 11.8 Å². The second-order valence-corrected chi connectivity index (χ2v) is 5.90. The fourth-order valence-electron chi connectivity index (χ4n) is 2.43. The summed E-state index contributed by atoms with van der Waals surface area (Å²) in [5.74, 6) is 0.889. The van der Waals surface area contributed by atoms with E-state index in [0.29, 0.717) is 28.5 Å². The number of anilines is 2. The molecule has 29 heavy (non-hydrogen) atoms. The third-order valence-corrected chi connectivity index (χ3v) is 3.90. The van der Waals surface area contributed by atoms with E-state index < -0.39 is 11.8 Å². The van der Waals surface area contributed by atoms with Gasteiger partial charge in [-0.3, -0.25) is 20.2 Å². The van der Waals surface area contributed by atoms with Gasteiger partial charge in [-0.15, -0.1) is 0 Å². The predicted molar refractivity (Wildman–Crippen MR) is 106 cm³/mol. The van der Waals surface area contributed by atoms with Crippen LogP contribution < -0.4 is 20.1 Å². The Morgan fingerprint density at radius 3 is 1.41 bits per heavy atom. The Labute approximate surface area is 167 Å². The molecule has 2 aromatic carbocycles. The Balaban J connectivity index is 1.72. The average Bonchev–Trinajstić information content (AvgIpc) is 2.73. The lowest BCUT2D eigenvalue weighted by Crippen LogP contribution is -2.18. The molecule has 2 amide bonds. The van der Waals surface area contributed by atoms with Crippen LogP contribution in [0.3, 0.4) is 0 Å². The summed E-state index contributed by atoms with van der Waals surface area (Å²) in [5, 5.41) is 5.19. The van der Waals surface area contributed by atoms with Crippen LogP contribution in [0.4, 0.5) is 11.9 Å². The lowest BCUT2D eigenvalue weighted by atomic mass is 10.2. The molecule has 0 unspecified atom stereocenters. The van der Waals surface area contributed by atoms with Gasteiger partial charge in [0.2, 0.25) is 11.9 Å². The standard InChI is InChI=1S/C20H19N5O4/c1-12-21-19(23-17(26)13-4-8-15(28-2)9-5-13)25-20(22-12)24-18(27)14-6-10-16(29-3)11-7-14/h4-11H,1-3H3,(H2,21,22,23,24,25,26,27). The molecule has 0 saturated heterocycles. The van der Waals surface area contributed by atoms with Crippen LogP contribution in [0.15, 0.2) is 48.5 Å². The van der Waals surface area contributed by atoms with Gasteiger partial charge < -0.3 is 9.47 Å². The third-order valence-electron chi connectivity index (χ3n) is 3.90. The van der Waals surface area contributed by atoms with Crippen molar-refractivity contribution < 1.29 is 19.1 Å². The number of carbonyl (C=O) groups excluding carboxylic acids is 2. The van der Waals surface area contributed by atoms with Crippen molar-refractivity contribution in [3.05, 3.63) is 65.5 Å². The lowest BCUT2D eigenvalue weighted by Gasteiger charge is -2.08. The van der Waals surface area contributed by atoms with Gasteiger partial charge in [0.05, 0.1) is 14.2 Å². The number of methoxy groups -OCH3 is 2. The first-order chi connectivity index (χ1) is 14.0. The van der Waals surface area contributed by atoms with Crippen LogP contribution in [0.1, 0.15) is 26.5 Å². The Bertz CT molecular complexity index is 940. The number of nitrogens with one attached hydrogen (secondary N) is 2. The number of aryl methyl sites for hydroxylation is 1. The number of amides is 2. The zero-order valence-corrected chi connectivity index (χ0v) is 16.1. The number of rotatable bonds is 6. The number of nitrogens with zero attached hydrogens (tertiary/aromatic N) is 3. The molecule has 3 rings (SSSR count). The number of aromatic nitrogens is 3. The first-order valence-corrected chi connectivity index (χ1v) is 8.62. The third kappa shape index (κ3) is 5.04. The fourth-order valence-corrected chi connectivity index (χ4v) is 2.43. The summed E-state index contributed by atoms with van der Waals surface area (Å²) in [6, 6.07) is 13.2. The Hall–Kier alpha value is -4.01. The van der Waals surface area contributed by atoms with Crippen LogP contribution in [0, 0.1) is 6.92 Å². The van der Waals surface area contributed by atoms with E-state index in [1.807, 2.05) is 0 Å². The summed E-state index contributed by atoms with van der Waals surface area (Å²) in [6.07, 6.45) is 0. The molecule has 0 bridgehead atoms. The maximum absolute atomic E-state index is 12.4. The highest BCUT2D eigenvalue weighted by atomic mass is 16.5. The van der Waals surface area contributed by atoms with Gasteiger partial charge in [-0.05, 0) is 55.5 Å². The van der Waals surface area contributed by atoms with E-state index >= 15 is 0 Å². The van der Waals surface area contributed by atoms with Crippen LogP contribution in [0.25, 0.3) is 0 Å². The summed E-state index contributed by atoms with van der Waals surface area (Å²) in [6.45, 7) is 1.63. The highest BCUT2D eigenvalue weighted by molar-refractivity contribution is 6.04. The monoisotopic (exact) mass is 393 g/mol. The van der Waals surface area contributed by atoms with Crippen molar-refractivity contribution in [2.75, 3.05) is 24.9 Å². The Kier molecular flexibility index (Phi) is 5.98. The van der Waals surface area contributed by atoms with Crippen LogP contribution in [0.5, 0.6) is 11.5 Å². The van der Waals surface area contributed by atoms with Gasteiger partial charge in [0.1, 0.15) is 17.3 Å². The molecule has 0 aliphatic carbocycles. The first-order valence-electron chi connectivity index (χ1n) is 8.62. The second-order valence-electron chi connectivity index (χ2n) is 5.90. The summed E-state index contributed by atoms with van der Waals surface area (Å²) in [7, 11) is 3.09. The minimum absolute atomic E-state index is 0.0309. The van der Waals surface area contributed by atoms with Gasteiger partial charge >= 0.3 is 0 Å². The van der Waals surface area contributed by atoms with E-state index in [4.69, 9.17) is 9.47 Å². The predicted octanol–water partition coefficient (Wildman–Crippen LogP) is 2.70. The van der Waals surface area contributed by atoms with Crippen molar-refractivity contribution in [2.45, 2.75) is 6.92 Å². The Morgan fingerprint density at radius 2 is 1.07 bits per heavy atom. The summed E-state index contributed by atoms with van der Waals surface area (Å²) < 4.78 is 10.1. The molecule has 3 aromatic rings. The van der Waals surface area contributed by atoms with Crippen molar-refractivity contribution in [1.82, 2.24) is 15.0 Å². The molecule has 0 radical (unpaired) electrons. The van der Waals surface area contributed by atoms with Crippen molar-refractivity contribution in [3.63, 3.8) is 0 Å². The van der Waals surface area contributed by atoms with Crippen molar-refractivity contribution in [1.29, 1.82) is 0 Å². The lowest BCUT2D eigenvalue weighted by molar-refractivity contribution is 0.101. The van der Waals surface area contributed by atoms with E-state index in [1.165, 1.54) is 0 Å². The van der Waals surface area contributed by atoms with Gasteiger partial charge in [-0.1, -0.05) is 0 Å². The molecule has 1 heterocycles. The smallest absolute Gasteiger partial charge is 0.258 e. The van der Waals surface area contributed by atoms with Crippen LogP contribution in [0.2, 0.25) is 0 Å². The molecule has 148 valence electrons. The van der Waals surface area contributed by atoms with Gasteiger partial charge in [0, 0.05) is 11.1 Å². The number of hydrogen-bond donors (Lipinski definition) is 2. The highest BCUT2D eigenvalue weighted by Gasteiger charge is 2.13. The molecular weight excluding hydrogens is 374 g/mol. The number of ether oxygens (including phenoxy) is 2. The van der Waals surface area contributed by atoms with Crippen LogP contribution in [-0.4, -0.2) is 41.0 Å². The minimum Gasteiger partial charge on any atom is -0.497 e. The normalized spacial score (nSPS) is 10.2. The van der Waals surface area contributed by atoms with E-state index in [2.05, 4.69) is 25.6 Å². The van der Waals surface area contributed by atoms with E-state index in [0.717, 1.165) is 0 Å². The molecule has 0 atom stereocenters. The number of hydrogen-bond acceptors (Lipinski definition) is 7. The highest BCUT2D eigenvalue weighted by Crippen LogP contribution is 2.15. The topological polar surface area (TPSA) is 115 Å². The SMILES string of the molecule is COc1ccc(C(=O)Nc2nc(C)nc(NC(=O)c3ccc(OC)cc3)n2)cc1. The minimum atomic E-state index is -0.398. The maximum atomic E-state index is 12.4. The molecule has 0 aliphatic heterocycles. The van der Waals surface area contributed by atoms with E-state index in [1.54, 1.807) is 69.7 Å². The first kappa shape index (κ1) is 19.7. The molecule has 9 nitrogen and oxygen atoms in total. The fraction of sp³-hybridized carbons (Fsp3) is 0.150. The van der Waals surface area contributed by atoms with Gasteiger partial charge in [-0.2, -0.15) is 15.0 Å². The molecule has 0 saturated carbocycles. The van der Waals surface area contributed by atoms with E-state index in [9.17, 15) is 9.59 Å². The molecule has 0 fully saturated rings. The van der Waals surface area contributed by atoms with Crippen molar-refractivity contribution >= 4 is 23.7 Å². The second kappa shape index (κ2) is 8.79. The van der Waals surface area contributed by atoms with Crippen molar-refractivity contribution in [3.8, 4) is 11.5 Å². The van der Waals surface area contributed by atoms with Crippen molar-refractivity contribution in [2.24, 2.45) is 0 Å². The average molecular weight is 393 g/mol. The quantitative estimate of drug-likeness (QED) is 0.661. The summed E-state index contributed by atoms with van der Waals surface area (Å²) in [4.78, 5) is 37.1. The summed E-state index contributed by atoms with van der Waals surface area (Å²) in [5.41, 5.74) is 0.820. The van der Waals surface area contributed by atoms with Gasteiger partial charge in [-0.25, -0.2) is 0 Å². The zero-order chi connectivity index (χ0) is 20.8. The van der Waals surface area contributed by atoms with Crippen LogP contribution >= 0.6 is 0 Å². The molecule has 0 spiro atoms. The van der Waals surface area contributed by atoms with Gasteiger partial charge in [0.15, 0.2) is 0 Å². The summed E-state index contributed by atoms with van der Waals surface area (Å²) >= 11 is 0. The molecule has 1 aromatic heterocycles. The Morgan fingerprint density at radius 1 is 0.690 bits per heavy atom. The largest absolute Gasteiger partial charge is 0.497 e. The zero-order valence-electron chi connectivity index (χ0n) is 16.1. The molecule has 9 heteroatoms.